The van der Waals surface area contributed by atoms with Crippen molar-refractivity contribution >= 4 is 23.4 Å². The molecule has 1 aliphatic rings. The molecule has 0 radical (unpaired) electrons. The second-order valence-corrected chi connectivity index (χ2v) is 6.32. The molecule has 0 bridgehead atoms. The fourth-order valence-corrected chi connectivity index (χ4v) is 3.00. The van der Waals surface area contributed by atoms with Gasteiger partial charge in [-0.1, -0.05) is 29.8 Å². The van der Waals surface area contributed by atoms with Crippen LogP contribution < -0.4 is 15.6 Å². The van der Waals surface area contributed by atoms with Crippen molar-refractivity contribution in [3.8, 4) is 5.75 Å². The maximum Gasteiger partial charge on any atom is 0.276 e. The van der Waals surface area contributed by atoms with E-state index < -0.39 is 5.91 Å². The molecule has 0 aliphatic heterocycles. The number of carbonyl (C=O) groups is 2. The highest BCUT2D eigenvalue weighted by Crippen LogP contribution is 2.23. The maximum absolute atomic E-state index is 12.2. The summed E-state index contributed by atoms with van der Waals surface area (Å²) in [7, 11) is 0. The van der Waals surface area contributed by atoms with E-state index in [1.54, 1.807) is 30.3 Å². The van der Waals surface area contributed by atoms with Crippen molar-refractivity contribution in [3.63, 3.8) is 0 Å². The Morgan fingerprint density at radius 3 is 2.56 bits per heavy atom. The van der Waals surface area contributed by atoms with Gasteiger partial charge in [0.15, 0.2) is 6.61 Å². The zero-order valence-electron chi connectivity index (χ0n) is 13.7. The first kappa shape index (κ1) is 17.3. The molecule has 2 N–H and O–H groups in total. The molecule has 25 heavy (non-hydrogen) atoms. The van der Waals surface area contributed by atoms with Crippen LogP contribution >= 0.6 is 11.6 Å². The summed E-state index contributed by atoms with van der Waals surface area (Å²) in [4.78, 5) is 24.0. The third-order valence-electron chi connectivity index (χ3n) is 4.12. The van der Waals surface area contributed by atoms with Gasteiger partial charge < -0.3 is 4.74 Å². The molecule has 3 rings (SSSR count). The monoisotopic (exact) mass is 358 g/mol. The maximum atomic E-state index is 12.2. The van der Waals surface area contributed by atoms with Gasteiger partial charge in [0, 0.05) is 5.56 Å². The molecular formula is C19H19ClN2O3. The smallest absolute Gasteiger partial charge is 0.276 e. The number of aryl methyl sites for hydroxylation is 2. The minimum atomic E-state index is -0.466. The summed E-state index contributed by atoms with van der Waals surface area (Å²) in [6, 6.07) is 12.5. The number of nitrogens with one attached hydrogen (secondary N) is 2. The van der Waals surface area contributed by atoms with Crippen molar-refractivity contribution in [2.45, 2.75) is 25.7 Å². The van der Waals surface area contributed by atoms with Gasteiger partial charge >= 0.3 is 0 Å². The second kappa shape index (κ2) is 8.03. The third kappa shape index (κ3) is 4.51. The highest BCUT2D eigenvalue weighted by atomic mass is 35.5. The van der Waals surface area contributed by atoms with Gasteiger partial charge in [-0.05, 0) is 61.1 Å². The first-order valence-electron chi connectivity index (χ1n) is 8.22. The second-order valence-electron chi connectivity index (χ2n) is 5.91. The number of benzene rings is 2. The van der Waals surface area contributed by atoms with Crippen LogP contribution in [0, 0.1) is 0 Å². The Labute approximate surface area is 151 Å². The van der Waals surface area contributed by atoms with E-state index in [-0.39, 0.29) is 12.5 Å². The summed E-state index contributed by atoms with van der Waals surface area (Å²) in [5.74, 6) is -0.397. The summed E-state index contributed by atoms with van der Waals surface area (Å²) in [5, 5.41) is 0.424. The molecule has 0 atom stereocenters. The molecule has 5 nitrogen and oxygen atoms in total. The molecule has 130 valence electrons. The van der Waals surface area contributed by atoms with E-state index in [0.717, 1.165) is 19.3 Å². The van der Waals surface area contributed by atoms with Crippen molar-refractivity contribution in [1.29, 1.82) is 0 Å². The van der Waals surface area contributed by atoms with Crippen molar-refractivity contribution in [3.05, 3.63) is 64.2 Å². The zero-order chi connectivity index (χ0) is 17.6. The van der Waals surface area contributed by atoms with Crippen LogP contribution in [-0.4, -0.2) is 18.4 Å². The number of halogens is 1. The molecule has 2 amide bonds. The average Bonchev–Trinajstić information content (AvgIpc) is 2.65. The quantitative estimate of drug-likeness (QED) is 0.825. The van der Waals surface area contributed by atoms with E-state index in [1.807, 2.05) is 12.1 Å². The minimum Gasteiger partial charge on any atom is -0.482 e. The Morgan fingerprint density at radius 2 is 1.76 bits per heavy atom. The van der Waals surface area contributed by atoms with E-state index in [1.165, 1.54) is 17.5 Å². The fraction of sp³-hybridized carbons (Fsp3) is 0.263. The lowest BCUT2D eigenvalue weighted by molar-refractivity contribution is -0.123. The number of para-hydroxylation sites is 1. The first-order chi connectivity index (χ1) is 12.1. The average molecular weight is 359 g/mol. The molecule has 2 aromatic carbocycles. The lowest BCUT2D eigenvalue weighted by Crippen LogP contribution is -2.43. The predicted molar refractivity (Wildman–Crippen MR) is 95.6 cm³/mol. The third-order valence-corrected chi connectivity index (χ3v) is 4.43. The summed E-state index contributed by atoms with van der Waals surface area (Å²) in [6.07, 6.45) is 4.40. The topological polar surface area (TPSA) is 67.4 Å². The number of amides is 2. The van der Waals surface area contributed by atoms with E-state index in [4.69, 9.17) is 16.3 Å². The largest absolute Gasteiger partial charge is 0.482 e. The summed E-state index contributed by atoms with van der Waals surface area (Å²) in [6.45, 7) is -0.242. The predicted octanol–water partition coefficient (Wildman–Crippen LogP) is 3.06. The number of hydrogen-bond acceptors (Lipinski definition) is 3. The van der Waals surface area contributed by atoms with Crippen molar-refractivity contribution in [1.82, 2.24) is 10.9 Å². The number of rotatable bonds is 4. The number of ether oxygens (including phenoxy) is 1. The molecular weight excluding hydrogens is 340 g/mol. The highest BCUT2D eigenvalue weighted by Gasteiger charge is 2.13. The number of hydrogen-bond donors (Lipinski definition) is 2. The SMILES string of the molecule is O=C(COc1ccccc1Cl)NNC(=O)c1ccc2c(c1)CCCC2. The van der Waals surface area contributed by atoms with E-state index in [0.29, 0.717) is 16.3 Å². The van der Waals surface area contributed by atoms with Crippen LogP contribution in [0.4, 0.5) is 0 Å². The summed E-state index contributed by atoms with van der Waals surface area (Å²) >= 11 is 5.95. The van der Waals surface area contributed by atoms with Crippen LogP contribution in [0.15, 0.2) is 42.5 Å². The molecule has 0 spiro atoms. The van der Waals surface area contributed by atoms with Crippen molar-refractivity contribution in [2.75, 3.05) is 6.61 Å². The molecule has 0 saturated heterocycles. The standard InChI is InChI=1S/C19H19ClN2O3/c20-16-7-3-4-8-17(16)25-12-18(23)21-22-19(24)15-10-9-13-5-1-2-6-14(13)11-15/h3-4,7-11H,1-2,5-6,12H2,(H,21,23)(H,22,24). The van der Waals surface area contributed by atoms with Crippen LogP contribution in [0.1, 0.15) is 34.3 Å². The van der Waals surface area contributed by atoms with E-state index in [2.05, 4.69) is 10.9 Å². The van der Waals surface area contributed by atoms with Gasteiger partial charge in [-0.15, -0.1) is 0 Å². The van der Waals surface area contributed by atoms with Crippen LogP contribution in [-0.2, 0) is 17.6 Å². The van der Waals surface area contributed by atoms with E-state index in [9.17, 15) is 9.59 Å². The fourth-order valence-electron chi connectivity index (χ4n) is 2.81. The highest BCUT2D eigenvalue weighted by molar-refractivity contribution is 6.32. The number of hydrazine groups is 1. The number of carbonyl (C=O) groups excluding carboxylic acids is 2. The van der Waals surface area contributed by atoms with Crippen LogP contribution in [0.25, 0.3) is 0 Å². The summed E-state index contributed by atoms with van der Waals surface area (Å²) < 4.78 is 5.32. The van der Waals surface area contributed by atoms with E-state index >= 15 is 0 Å². The Kier molecular flexibility index (Phi) is 5.56. The lowest BCUT2D eigenvalue weighted by Gasteiger charge is -2.16. The summed E-state index contributed by atoms with van der Waals surface area (Å²) in [5.41, 5.74) is 7.80. The molecule has 2 aromatic rings. The normalized spacial score (nSPS) is 12.8. The molecule has 0 saturated carbocycles. The molecule has 1 aliphatic carbocycles. The Morgan fingerprint density at radius 1 is 1.00 bits per heavy atom. The van der Waals surface area contributed by atoms with Gasteiger partial charge in [-0.2, -0.15) is 0 Å². The zero-order valence-corrected chi connectivity index (χ0v) is 14.4. The van der Waals surface area contributed by atoms with Crippen LogP contribution in [0.5, 0.6) is 5.75 Å². The Hall–Kier alpha value is -2.53. The van der Waals surface area contributed by atoms with Crippen molar-refractivity contribution in [2.24, 2.45) is 0 Å². The molecule has 0 heterocycles. The van der Waals surface area contributed by atoms with Crippen LogP contribution in [0.2, 0.25) is 5.02 Å². The van der Waals surface area contributed by atoms with Gasteiger partial charge in [-0.25, -0.2) is 0 Å². The molecule has 0 unspecified atom stereocenters. The van der Waals surface area contributed by atoms with Crippen LogP contribution in [0.3, 0.4) is 0 Å². The minimum absolute atomic E-state index is 0.242. The van der Waals surface area contributed by atoms with Gasteiger partial charge in [-0.3, -0.25) is 20.4 Å². The molecule has 0 aromatic heterocycles. The molecule has 0 fully saturated rings. The number of fused-ring (bicyclic) bond motifs is 1. The Balaban J connectivity index is 1.50. The first-order valence-corrected chi connectivity index (χ1v) is 8.59. The van der Waals surface area contributed by atoms with Gasteiger partial charge in [0.2, 0.25) is 0 Å². The molecule has 6 heteroatoms. The lowest BCUT2D eigenvalue weighted by atomic mass is 9.90. The Bertz CT molecular complexity index is 792. The van der Waals surface area contributed by atoms with Crippen molar-refractivity contribution < 1.29 is 14.3 Å². The van der Waals surface area contributed by atoms with Gasteiger partial charge in [0.05, 0.1) is 5.02 Å². The van der Waals surface area contributed by atoms with Gasteiger partial charge in [0.1, 0.15) is 5.75 Å². The van der Waals surface area contributed by atoms with Gasteiger partial charge in [0.25, 0.3) is 11.8 Å².